The van der Waals surface area contributed by atoms with Crippen LogP contribution in [0.1, 0.15) is 6.42 Å². The molecule has 1 N–H and O–H groups in total. The van der Waals surface area contributed by atoms with E-state index in [0.717, 1.165) is 17.2 Å². The van der Waals surface area contributed by atoms with Gasteiger partial charge in [0.1, 0.15) is 10.8 Å². The normalized spacial score (nSPS) is 17.5. The van der Waals surface area contributed by atoms with Crippen LogP contribution in [0.3, 0.4) is 0 Å². The van der Waals surface area contributed by atoms with E-state index < -0.39 is 0 Å². The van der Waals surface area contributed by atoms with Crippen LogP contribution >= 0.6 is 12.2 Å². The molecule has 19 heavy (non-hydrogen) atoms. The number of likely N-dealkylation sites (N-methyl/N-ethyl adjacent to an activating group) is 1. The van der Waals surface area contributed by atoms with Gasteiger partial charge in [0.25, 0.3) is 0 Å². The van der Waals surface area contributed by atoms with Crippen molar-refractivity contribution in [3.8, 4) is 0 Å². The Labute approximate surface area is 117 Å². The molecule has 0 amide bonds. The van der Waals surface area contributed by atoms with Gasteiger partial charge in [-0.05, 0) is 12.1 Å². The number of para-hydroxylation sites is 2. The molecular formula is C14H15N3OS. The van der Waals surface area contributed by atoms with Gasteiger partial charge in [-0.3, -0.25) is 4.79 Å². The number of nitrogens with one attached hydrogen (secondary N) is 1. The summed E-state index contributed by atoms with van der Waals surface area (Å²) in [5.41, 5.74) is 2.88. The molecule has 1 aromatic rings. The first kappa shape index (κ1) is 12.2. The third-order valence-electron chi connectivity index (χ3n) is 3.63. The van der Waals surface area contributed by atoms with Gasteiger partial charge >= 0.3 is 0 Å². The number of ketones is 1. The van der Waals surface area contributed by atoms with Crippen molar-refractivity contribution in [2.75, 3.05) is 30.4 Å². The second-order valence-electron chi connectivity index (χ2n) is 4.65. The van der Waals surface area contributed by atoms with Gasteiger partial charge in [-0.2, -0.15) is 0 Å². The molecule has 4 nitrogen and oxygen atoms in total. The lowest BCUT2D eigenvalue weighted by Crippen LogP contribution is -2.39. The van der Waals surface area contributed by atoms with Crippen molar-refractivity contribution in [2.45, 2.75) is 6.42 Å². The van der Waals surface area contributed by atoms with Crippen LogP contribution in [0.5, 0.6) is 0 Å². The quantitative estimate of drug-likeness (QED) is 0.788. The van der Waals surface area contributed by atoms with Gasteiger partial charge in [-0.1, -0.05) is 24.4 Å². The molecule has 1 aromatic carbocycles. The van der Waals surface area contributed by atoms with Crippen molar-refractivity contribution in [1.29, 1.82) is 0 Å². The lowest BCUT2D eigenvalue weighted by molar-refractivity contribution is -0.115. The van der Waals surface area contributed by atoms with Gasteiger partial charge in [0.05, 0.1) is 16.9 Å². The van der Waals surface area contributed by atoms with E-state index in [2.05, 4.69) is 22.3 Å². The van der Waals surface area contributed by atoms with Gasteiger partial charge in [-0.15, -0.1) is 0 Å². The Morgan fingerprint density at radius 1 is 1.32 bits per heavy atom. The third kappa shape index (κ3) is 1.65. The number of nitrogens with zero attached hydrogens (tertiary/aromatic N) is 2. The molecule has 98 valence electrons. The lowest BCUT2D eigenvalue weighted by atomic mass is 10.0. The maximum atomic E-state index is 12.2. The lowest BCUT2D eigenvalue weighted by Gasteiger charge is -2.29. The van der Waals surface area contributed by atoms with E-state index in [1.807, 2.05) is 24.1 Å². The van der Waals surface area contributed by atoms with Crippen LogP contribution in [-0.2, 0) is 4.79 Å². The average Bonchev–Trinajstić information content (AvgIpc) is 2.72. The zero-order valence-corrected chi connectivity index (χ0v) is 11.8. The summed E-state index contributed by atoms with van der Waals surface area (Å²) in [6.45, 7) is 0.714. The van der Waals surface area contributed by atoms with Gasteiger partial charge in [0, 0.05) is 27.1 Å². The highest BCUT2D eigenvalue weighted by Gasteiger charge is 2.37. The number of carbonyl (C=O) groups is 1. The molecule has 2 aliphatic heterocycles. The van der Waals surface area contributed by atoms with Gasteiger partial charge in [0.15, 0.2) is 5.78 Å². The van der Waals surface area contributed by atoms with Crippen molar-refractivity contribution in [2.24, 2.45) is 0 Å². The van der Waals surface area contributed by atoms with E-state index in [9.17, 15) is 4.79 Å². The molecule has 0 aliphatic carbocycles. The molecule has 5 heteroatoms. The fourth-order valence-electron chi connectivity index (χ4n) is 2.73. The van der Waals surface area contributed by atoms with Crippen LogP contribution in [0, 0.1) is 0 Å². The molecule has 2 heterocycles. The Morgan fingerprint density at radius 2 is 2.00 bits per heavy atom. The Kier molecular flexibility index (Phi) is 2.78. The van der Waals surface area contributed by atoms with Gasteiger partial charge in [0.2, 0.25) is 0 Å². The molecular weight excluding hydrogens is 258 g/mol. The Morgan fingerprint density at radius 3 is 2.68 bits per heavy atom. The monoisotopic (exact) mass is 273 g/mol. The van der Waals surface area contributed by atoms with Crippen LogP contribution in [0.25, 0.3) is 0 Å². The Bertz CT molecular complexity index is 608. The number of carbonyl (C=O) groups excluding carboxylic acids is 1. The van der Waals surface area contributed by atoms with E-state index in [4.69, 9.17) is 12.2 Å². The summed E-state index contributed by atoms with van der Waals surface area (Å²) >= 11 is 5.30. The van der Waals surface area contributed by atoms with Crippen molar-refractivity contribution in [3.63, 3.8) is 0 Å². The molecule has 0 spiro atoms. The number of anilines is 2. The maximum absolute atomic E-state index is 12.2. The predicted molar refractivity (Wildman–Crippen MR) is 80.5 cm³/mol. The Hall–Kier alpha value is -1.88. The summed E-state index contributed by atoms with van der Waals surface area (Å²) in [5, 5.41) is 2.92. The third-order valence-corrected chi connectivity index (χ3v) is 4.03. The summed E-state index contributed by atoms with van der Waals surface area (Å²) in [6.07, 6.45) is 0.503. The largest absolute Gasteiger partial charge is 0.379 e. The first-order valence-electron chi connectivity index (χ1n) is 6.25. The standard InChI is InChI=1S/C14H15N3OS/c1-15-13(19)12-11(18)7-8-17-10-6-4-3-5-9(10)16(2)14(12)17/h3-6H,7-8H2,1-2H3,(H,15,19). The molecule has 0 aromatic heterocycles. The molecule has 0 bridgehead atoms. The summed E-state index contributed by atoms with van der Waals surface area (Å²) < 4.78 is 0. The van der Waals surface area contributed by atoms with E-state index in [1.54, 1.807) is 7.05 Å². The van der Waals surface area contributed by atoms with Crippen molar-refractivity contribution < 1.29 is 4.79 Å². The second-order valence-corrected chi connectivity index (χ2v) is 5.06. The molecule has 0 fully saturated rings. The highest BCUT2D eigenvalue weighted by molar-refractivity contribution is 7.80. The molecule has 0 atom stereocenters. The van der Waals surface area contributed by atoms with E-state index >= 15 is 0 Å². The second kappa shape index (κ2) is 4.35. The first-order chi connectivity index (χ1) is 9.15. The van der Waals surface area contributed by atoms with Crippen molar-refractivity contribution >= 4 is 34.4 Å². The maximum Gasteiger partial charge on any atom is 0.171 e. The number of thiocarbonyl (C=S) groups is 1. The van der Waals surface area contributed by atoms with Crippen LogP contribution in [-0.4, -0.2) is 31.4 Å². The van der Waals surface area contributed by atoms with Crippen LogP contribution in [0.2, 0.25) is 0 Å². The fraction of sp³-hybridized carbons (Fsp3) is 0.286. The smallest absolute Gasteiger partial charge is 0.171 e. The van der Waals surface area contributed by atoms with E-state index in [-0.39, 0.29) is 5.78 Å². The van der Waals surface area contributed by atoms with Crippen LogP contribution < -0.4 is 15.1 Å². The number of hydrogen-bond donors (Lipinski definition) is 1. The average molecular weight is 273 g/mol. The van der Waals surface area contributed by atoms with Crippen LogP contribution in [0.4, 0.5) is 11.4 Å². The predicted octanol–water partition coefficient (Wildman–Crippen LogP) is 1.67. The summed E-state index contributed by atoms with van der Waals surface area (Å²) in [7, 11) is 3.73. The molecule has 2 aliphatic rings. The zero-order valence-electron chi connectivity index (χ0n) is 10.9. The highest BCUT2D eigenvalue weighted by atomic mass is 32.1. The molecule has 3 rings (SSSR count). The topological polar surface area (TPSA) is 35.6 Å². The SMILES string of the molecule is CNC(=S)C1=C2N(C)c3ccccc3N2CCC1=O. The zero-order chi connectivity index (χ0) is 13.6. The summed E-state index contributed by atoms with van der Waals surface area (Å²) in [4.78, 5) is 16.9. The van der Waals surface area contributed by atoms with Gasteiger partial charge < -0.3 is 15.1 Å². The summed E-state index contributed by atoms with van der Waals surface area (Å²) in [5.74, 6) is 1.02. The molecule has 0 unspecified atom stereocenters. The molecule has 0 saturated heterocycles. The minimum absolute atomic E-state index is 0.116. The van der Waals surface area contributed by atoms with Gasteiger partial charge in [-0.25, -0.2) is 0 Å². The number of Topliss-reactive ketones (excluding diaryl/α,β-unsaturated/α-hetero) is 1. The summed E-state index contributed by atoms with van der Waals surface area (Å²) in [6, 6.07) is 8.16. The van der Waals surface area contributed by atoms with Crippen molar-refractivity contribution in [1.82, 2.24) is 5.32 Å². The number of benzene rings is 1. The molecule has 0 radical (unpaired) electrons. The minimum atomic E-state index is 0.116. The minimum Gasteiger partial charge on any atom is -0.379 e. The number of hydrogen-bond acceptors (Lipinski definition) is 4. The first-order valence-corrected chi connectivity index (χ1v) is 6.66. The molecule has 0 saturated carbocycles. The Balaban J connectivity index is 2.21. The number of fused-ring (bicyclic) bond motifs is 3. The number of rotatable bonds is 1. The fourth-order valence-corrected chi connectivity index (χ4v) is 2.94. The van der Waals surface area contributed by atoms with E-state index in [0.29, 0.717) is 23.5 Å². The van der Waals surface area contributed by atoms with E-state index in [1.165, 1.54) is 0 Å². The van der Waals surface area contributed by atoms with Crippen LogP contribution in [0.15, 0.2) is 35.7 Å². The highest BCUT2D eigenvalue weighted by Crippen LogP contribution is 2.43. The van der Waals surface area contributed by atoms with Crippen molar-refractivity contribution in [3.05, 3.63) is 35.7 Å².